The maximum atomic E-state index is 12.5. The lowest BCUT2D eigenvalue weighted by Crippen LogP contribution is -2.49. The molecule has 0 aliphatic heterocycles. The maximum absolute atomic E-state index is 12.5. The summed E-state index contributed by atoms with van der Waals surface area (Å²) in [5, 5.41) is 13.8. The molecule has 2 N–H and O–H groups in total. The lowest BCUT2D eigenvalue weighted by molar-refractivity contribution is -0.124. The van der Waals surface area contributed by atoms with Gasteiger partial charge in [0.25, 0.3) is 0 Å². The van der Waals surface area contributed by atoms with Gasteiger partial charge in [-0.15, -0.1) is 0 Å². The van der Waals surface area contributed by atoms with E-state index in [9.17, 15) is 9.90 Å². The van der Waals surface area contributed by atoms with Gasteiger partial charge in [-0.05, 0) is 37.8 Å². The number of benzene rings is 1. The molecule has 0 bridgehead atoms. The van der Waals surface area contributed by atoms with Crippen LogP contribution in [0.15, 0.2) is 24.3 Å². The summed E-state index contributed by atoms with van der Waals surface area (Å²) in [6, 6.07) is 8.00. The van der Waals surface area contributed by atoms with E-state index < -0.39 is 5.60 Å². The van der Waals surface area contributed by atoms with Crippen molar-refractivity contribution in [3.8, 4) is 0 Å². The van der Waals surface area contributed by atoms with E-state index in [4.69, 9.17) is 0 Å². The molecule has 3 nitrogen and oxygen atoms in total. The van der Waals surface area contributed by atoms with Gasteiger partial charge in [-0.1, -0.05) is 51.0 Å². The molecule has 1 aliphatic rings. The van der Waals surface area contributed by atoms with E-state index in [2.05, 4.69) is 19.2 Å². The van der Waals surface area contributed by atoms with Gasteiger partial charge in [0.05, 0.1) is 11.5 Å². The molecule has 1 aromatic rings. The first-order valence-corrected chi connectivity index (χ1v) is 8.32. The molecule has 1 amide bonds. The Morgan fingerprint density at radius 2 is 1.91 bits per heavy atom. The fourth-order valence-electron chi connectivity index (χ4n) is 3.48. The number of amides is 1. The van der Waals surface area contributed by atoms with Crippen molar-refractivity contribution < 1.29 is 9.90 Å². The molecule has 0 aromatic heterocycles. The lowest BCUT2D eigenvalue weighted by atomic mass is 9.73. The fourth-order valence-corrected chi connectivity index (χ4v) is 3.48. The molecule has 1 atom stereocenters. The molecular weight excluding hydrogens is 274 g/mol. The molecule has 3 heteroatoms. The third-order valence-electron chi connectivity index (χ3n) is 5.44. The quantitative estimate of drug-likeness (QED) is 0.874. The van der Waals surface area contributed by atoms with E-state index in [0.717, 1.165) is 36.8 Å². The number of rotatable bonds is 5. The van der Waals surface area contributed by atoms with Crippen LogP contribution in [0.5, 0.6) is 0 Å². The summed E-state index contributed by atoms with van der Waals surface area (Å²) in [7, 11) is 0. The maximum Gasteiger partial charge on any atom is 0.227 e. The number of carbonyl (C=O) groups excluding carboxylic acids is 1. The number of aliphatic hydroxyl groups is 1. The molecule has 1 fully saturated rings. The van der Waals surface area contributed by atoms with Gasteiger partial charge in [0, 0.05) is 12.0 Å². The Hall–Kier alpha value is -1.35. The van der Waals surface area contributed by atoms with Crippen molar-refractivity contribution >= 4 is 5.91 Å². The highest BCUT2D eigenvalue weighted by Crippen LogP contribution is 2.43. The highest BCUT2D eigenvalue weighted by Gasteiger charge is 2.45. The molecule has 1 aliphatic carbocycles. The minimum absolute atomic E-state index is 0.0315. The van der Waals surface area contributed by atoms with Crippen LogP contribution in [0.2, 0.25) is 0 Å². The molecule has 2 rings (SSSR count). The Morgan fingerprint density at radius 1 is 1.32 bits per heavy atom. The van der Waals surface area contributed by atoms with Crippen molar-refractivity contribution in [2.75, 3.05) is 6.54 Å². The van der Waals surface area contributed by atoms with Crippen LogP contribution in [0.4, 0.5) is 0 Å². The van der Waals surface area contributed by atoms with Gasteiger partial charge in [-0.25, -0.2) is 0 Å². The third kappa shape index (κ3) is 3.35. The Labute approximate surface area is 134 Å². The summed E-state index contributed by atoms with van der Waals surface area (Å²) in [6.07, 6.45) is 3.83. The Bertz CT molecular complexity index is 530. The van der Waals surface area contributed by atoms with Crippen molar-refractivity contribution in [2.24, 2.45) is 5.41 Å². The van der Waals surface area contributed by atoms with Crippen molar-refractivity contribution in [1.82, 2.24) is 5.32 Å². The molecule has 0 spiro atoms. The molecule has 0 radical (unpaired) electrons. The zero-order valence-electron chi connectivity index (χ0n) is 14.3. The smallest absolute Gasteiger partial charge is 0.227 e. The summed E-state index contributed by atoms with van der Waals surface area (Å²) in [5.74, 6) is -0.140. The van der Waals surface area contributed by atoms with Crippen LogP contribution in [-0.4, -0.2) is 23.2 Å². The first-order chi connectivity index (χ1) is 10.3. The highest BCUT2D eigenvalue weighted by molar-refractivity contribution is 5.83. The van der Waals surface area contributed by atoms with Crippen molar-refractivity contribution in [2.45, 2.75) is 64.9 Å². The molecule has 0 saturated heterocycles. The summed E-state index contributed by atoms with van der Waals surface area (Å²) < 4.78 is 0. The number of hydrogen-bond acceptors (Lipinski definition) is 2. The second kappa shape index (κ2) is 6.41. The predicted octanol–water partition coefficient (Wildman–Crippen LogP) is 3.55. The topological polar surface area (TPSA) is 49.3 Å². The van der Waals surface area contributed by atoms with E-state index in [1.54, 1.807) is 0 Å². The van der Waals surface area contributed by atoms with Gasteiger partial charge < -0.3 is 10.4 Å². The molecule has 22 heavy (non-hydrogen) atoms. The highest BCUT2D eigenvalue weighted by atomic mass is 16.3. The number of carbonyl (C=O) groups is 1. The second-order valence-corrected chi connectivity index (χ2v) is 7.42. The Balaban J connectivity index is 1.99. The van der Waals surface area contributed by atoms with Gasteiger partial charge in [0.2, 0.25) is 5.91 Å². The van der Waals surface area contributed by atoms with E-state index in [1.165, 1.54) is 0 Å². The molecule has 0 heterocycles. The molecular formula is C19H29NO2. The Morgan fingerprint density at radius 3 is 2.50 bits per heavy atom. The first kappa shape index (κ1) is 17.0. The fraction of sp³-hybridized carbons (Fsp3) is 0.632. The zero-order valence-corrected chi connectivity index (χ0v) is 14.3. The van der Waals surface area contributed by atoms with Gasteiger partial charge in [-0.2, -0.15) is 0 Å². The largest absolute Gasteiger partial charge is 0.389 e. The van der Waals surface area contributed by atoms with Gasteiger partial charge in [0.1, 0.15) is 0 Å². The van der Waals surface area contributed by atoms with Gasteiger partial charge >= 0.3 is 0 Å². The summed E-state index contributed by atoms with van der Waals surface area (Å²) in [5.41, 5.74) is 1.26. The van der Waals surface area contributed by atoms with Crippen LogP contribution < -0.4 is 5.32 Å². The minimum Gasteiger partial charge on any atom is -0.389 e. The summed E-state index contributed by atoms with van der Waals surface area (Å²) >= 11 is 0. The number of aryl methyl sites for hydroxylation is 1. The lowest BCUT2D eigenvalue weighted by Gasteiger charge is -2.40. The predicted molar refractivity (Wildman–Crippen MR) is 89.8 cm³/mol. The average Bonchev–Trinajstić information content (AvgIpc) is 2.93. The molecule has 1 unspecified atom stereocenters. The SMILES string of the molecule is Cc1ccccc1C(C)C(=O)NCC(C)(C)C1(O)CCCC1. The van der Waals surface area contributed by atoms with Crippen LogP contribution in [0.25, 0.3) is 0 Å². The summed E-state index contributed by atoms with van der Waals surface area (Å²) in [6.45, 7) is 8.59. The molecule has 1 saturated carbocycles. The van der Waals surface area contributed by atoms with E-state index in [-0.39, 0.29) is 17.2 Å². The van der Waals surface area contributed by atoms with Crippen LogP contribution in [0.3, 0.4) is 0 Å². The monoisotopic (exact) mass is 303 g/mol. The van der Waals surface area contributed by atoms with Crippen molar-refractivity contribution in [1.29, 1.82) is 0 Å². The number of nitrogens with one attached hydrogen (secondary N) is 1. The van der Waals surface area contributed by atoms with Crippen LogP contribution in [0, 0.1) is 12.3 Å². The second-order valence-electron chi connectivity index (χ2n) is 7.42. The zero-order chi connectivity index (χ0) is 16.4. The van der Waals surface area contributed by atoms with Crippen LogP contribution >= 0.6 is 0 Å². The van der Waals surface area contributed by atoms with Crippen molar-refractivity contribution in [3.63, 3.8) is 0 Å². The van der Waals surface area contributed by atoms with Crippen LogP contribution in [-0.2, 0) is 4.79 Å². The van der Waals surface area contributed by atoms with E-state index in [1.807, 2.05) is 38.1 Å². The number of hydrogen-bond donors (Lipinski definition) is 2. The Kier molecular flexibility index (Phi) is 4.96. The van der Waals surface area contributed by atoms with Crippen LogP contribution in [0.1, 0.15) is 63.5 Å². The first-order valence-electron chi connectivity index (χ1n) is 8.32. The van der Waals surface area contributed by atoms with Gasteiger partial charge in [0.15, 0.2) is 0 Å². The van der Waals surface area contributed by atoms with E-state index in [0.29, 0.717) is 6.54 Å². The minimum atomic E-state index is -0.647. The third-order valence-corrected chi connectivity index (χ3v) is 5.44. The van der Waals surface area contributed by atoms with E-state index >= 15 is 0 Å². The van der Waals surface area contributed by atoms with Crippen molar-refractivity contribution in [3.05, 3.63) is 35.4 Å². The van der Waals surface area contributed by atoms with Gasteiger partial charge in [-0.3, -0.25) is 4.79 Å². The molecule has 122 valence electrons. The standard InChI is InChI=1S/C19H29NO2/c1-14-9-5-6-10-16(14)15(2)17(21)20-13-18(3,4)19(22)11-7-8-12-19/h5-6,9-10,15,22H,7-8,11-13H2,1-4H3,(H,20,21). The molecule has 1 aromatic carbocycles. The average molecular weight is 303 g/mol. The summed E-state index contributed by atoms with van der Waals surface area (Å²) in [4.78, 5) is 12.5. The normalized spacial score (nSPS) is 19.0.